The number of piperazine rings is 1. The molecule has 0 radical (unpaired) electrons. The van der Waals surface area contributed by atoms with Gasteiger partial charge in [0, 0.05) is 43.9 Å². The number of benzene rings is 3. The van der Waals surface area contributed by atoms with Gasteiger partial charge in [0.1, 0.15) is 18.2 Å². The topological polar surface area (TPSA) is 140 Å². The molecule has 220 valence electrons. The van der Waals surface area contributed by atoms with Gasteiger partial charge >= 0.3 is 0 Å². The highest BCUT2D eigenvalue weighted by atomic mass is 16.5. The minimum Gasteiger partial charge on any atom is -0.493 e. The highest BCUT2D eigenvalue weighted by Crippen LogP contribution is 2.39. The normalized spacial score (nSPS) is 13.5. The van der Waals surface area contributed by atoms with Crippen LogP contribution in [0.2, 0.25) is 0 Å². The largest absolute Gasteiger partial charge is 0.493 e. The number of carbonyl (C=O) groups is 2. The maximum Gasteiger partial charge on any atom is 0.253 e. The molecule has 11 nitrogen and oxygen atoms in total. The molecule has 0 spiro atoms. The Hall–Kier alpha value is -4.92. The van der Waals surface area contributed by atoms with E-state index >= 15 is 0 Å². The Morgan fingerprint density at radius 3 is 2.17 bits per heavy atom. The monoisotopic (exact) mass is 573 g/mol. The molecule has 11 heteroatoms. The smallest absolute Gasteiger partial charge is 0.253 e. The zero-order valence-electron chi connectivity index (χ0n) is 24.0. The Morgan fingerprint density at radius 1 is 1.02 bits per heavy atom. The molecule has 0 aliphatic carbocycles. The first-order valence-corrected chi connectivity index (χ1v) is 13.1. The van der Waals surface area contributed by atoms with Crippen molar-refractivity contribution in [2.45, 2.75) is 6.10 Å². The van der Waals surface area contributed by atoms with Crippen LogP contribution in [0.25, 0.3) is 0 Å². The predicted molar refractivity (Wildman–Crippen MR) is 159 cm³/mol. The van der Waals surface area contributed by atoms with Crippen molar-refractivity contribution in [2.75, 3.05) is 54.2 Å². The summed E-state index contributed by atoms with van der Waals surface area (Å²) >= 11 is 0. The summed E-state index contributed by atoms with van der Waals surface area (Å²) < 4.78 is 21.1. The van der Waals surface area contributed by atoms with Gasteiger partial charge in [-0.05, 0) is 55.7 Å². The number of rotatable bonds is 10. The number of nitriles is 1. The van der Waals surface area contributed by atoms with Crippen LogP contribution in [0.15, 0.2) is 65.7 Å². The number of nitrogens with two attached hydrogens (primary N) is 1. The zero-order chi connectivity index (χ0) is 30.5. The molecule has 0 bridgehead atoms. The molecule has 1 heterocycles. The van der Waals surface area contributed by atoms with E-state index in [0.29, 0.717) is 45.4 Å². The van der Waals surface area contributed by atoms with Gasteiger partial charge in [-0.3, -0.25) is 20.3 Å². The van der Waals surface area contributed by atoms with Crippen LogP contribution < -0.4 is 24.7 Å². The molecular weight excluding hydrogens is 538 g/mol. The molecule has 1 aliphatic heterocycles. The summed E-state index contributed by atoms with van der Waals surface area (Å²) in [7, 11) is 5.14. The molecule has 1 fully saturated rings. The Morgan fingerprint density at radius 2 is 1.64 bits per heavy atom. The first-order valence-electron chi connectivity index (χ1n) is 13.1. The summed E-state index contributed by atoms with van der Waals surface area (Å²) in [6.07, 6.45) is -0.0547. The highest BCUT2D eigenvalue weighted by molar-refractivity contribution is 5.94. The third-order valence-electron chi connectivity index (χ3n) is 6.52. The molecule has 3 aromatic carbocycles. The Balaban J connectivity index is 0.000000274. The number of amides is 1. The van der Waals surface area contributed by atoms with Crippen LogP contribution in [0.1, 0.15) is 27.6 Å². The van der Waals surface area contributed by atoms with Crippen molar-refractivity contribution in [3.63, 3.8) is 0 Å². The van der Waals surface area contributed by atoms with Crippen molar-refractivity contribution < 1.29 is 28.5 Å². The lowest BCUT2D eigenvalue weighted by atomic mass is 10.1. The van der Waals surface area contributed by atoms with Crippen molar-refractivity contribution in [3.05, 3.63) is 77.4 Å². The molecule has 1 amide bonds. The average Bonchev–Trinajstić information content (AvgIpc) is 3.04. The van der Waals surface area contributed by atoms with Crippen LogP contribution in [0.3, 0.4) is 0 Å². The van der Waals surface area contributed by atoms with Gasteiger partial charge in [0.25, 0.3) is 5.91 Å². The Labute approximate surface area is 245 Å². The summed E-state index contributed by atoms with van der Waals surface area (Å²) in [6, 6.07) is 18.9. The number of likely N-dealkylation sites (N-methyl/N-ethyl adjacent to an activating group) is 1. The van der Waals surface area contributed by atoms with Crippen LogP contribution >= 0.6 is 0 Å². The lowest BCUT2D eigenvalue weighted by molar-refractivity contribution is -0.113. The van der Waals surface area contributed by atoms with Gasteiger partial charge in [-0.15, -0.1) is 0 Å². The van der Waals surface area contributed by atoms with Crippen LogP contribution in [0, 0.1) is 11.3 Å². The van der Waals surface area contributed by atoms with Gasteiger partial charge in [-0.25, -0.2) is 0 Å². The number of hydrogen-bond acceptors (Lipinski definition) is 10. The third kappa shape index (κ3) is 8.30. The quantitative estimate of drug-likeness (QED) is 0.219. The van der Waals surface area contributed by atoms with E-state index in [4.69, 9.17) is 29.9 Å². The molecule has 0 saturated carbocycles. The lowest BCUT2D eigenvalue weighted by Crippen LogP contribution is -2.47. The molecule has 0 aromatic heterocycles. The first-order chi connectivity index (χ1) is 20.4. The molecule has 1 saturated heterocycles. The number of aliphatic imine (C=N–C) groups is 1. The molecule has 1 aliphatic rings. The molecule has 1 atom stereocenters. The van der Waals surface area contributed by atoms with E-state index in [0.717, 1.165) is 32.5 Å². The van der Waals surface area contributed by atoms with E-state index in [1.807, 2.05) is 18.0 Å². The standard InChI is InChI=1S/C21H21N3O3.C10H14N2O3/c1-23-10-12-24(13-11-23)21(26)18-6-4-17(5-7-18)20(15-25)27-19-8-2-16(14-22)3-9-19;1-12-7-4-9(13-2)10(14-3)5-8(7)15-6-11/h2-9,15,20H,10-13H2,1H3;4-5H,1,6,11H2,2-3H3. The Kier molecular flexibility index (Phi) is 11.9. The summed E-state index contributed by atoms with van der Waals surface area (Å²) in [4.78, 5) is 31.9. The average molecular weight is 574 g/mol. The fraction of sp³-hybridized carbons (Fsp3) is 0.290. The summed E-state index contributed by atoms with van der Waals surface area (Å²) in [5.41, 5.74) is 7.66. The van der Waals surface area contributed by atoms with E-state index in [1.54, 1.807) is 74.9 Å². The zero-order valence-corrected chi connectivity index (χ0v) is 24.0. The van der Waals surface area contributed by atoms with E-state index in [-0.39, 0.29) is 12.6 Å². The summed E-state index contributed by atoms with van der Waals surface area (Å²) in [5, 5.41) is 8.83. The minimum absolute atomic E-state index is 0.00492. The van der Waals surface area contributed by atoms with Crippen molar-refractivity contribution in [1.82, 2.24) is 9.80 Å². The SMILES string of the molecule is C=Nc1cc(OC)c(OC)cc1OCN.CN1CCN(C(=O)c2ccc(C(C=O)Oc3ccc(C#N)cc3)cc2)CC1. The van der Waals surface area contributed by atoms with E-state index in [9.17, 15) is 9.59 Å². The fourth-order valence-corrected chi connectivity index (χ4v) is 4.12. The highest BCUT2D eigenvalue weighted by Gasteiger charge is 2.21. The minimum atomic E-state index is -0.772. The van der Waals surface area contributed by atoms with Crippen LogP contribution in [0.4, 0.5) is 5.69 Å². The van der Waals surface area contributed by atoms with E-state index in [2.05, 4.69) is 16.6 Å². The second-order valence-corrected chi connectivity index (χ2v) is 9.17. The molecule has 4 rings (SSSR count). The van der Waals surface area contributed by atoms with Crippen LogP contribution in [-0.2, 0) is 4.79 Å². The van der Waals surface area contributed by atoms with Crippen LogP contribution in [-0.4, -0.2) is 82.9 Å². The summed E-state index contributed by atoms with van der Waals surface area (Å²) in [5.74, 6) is 2.16. The first kappa shape index (κ1) is 31.6. The third-order valence-corrected chi connectivity index (χ3v) is 6.52. The molecule has 3 aromatic rings. The maximum absolute atomic E-state index is 12.6. The van der Waals surface area contributed by atoms with Gasteiger partial charge < -0.3 is 28.7 Å². The van der Waals surface area contributed by atoms with Gasteiger partial charge in [0.05, 0.1) is 25.9 Å². The van der Waals surface area contributed by atoms with Crippen molar-refractivity contribution in [2.24, 2.45) is 10.7 Å². The maximum atomic E-state index is 12.6. The molecule has 1 unspecified atom stereocenters. The second kappa shape index (κ2) is 15.8. The number of ether oxygens (including phenoxy) is 4. The van der Waals surface area contributed by atoms with E-state index in [1.165, 1.54) is 0 Å². The number of methoxy groups -OCH3 is 2. The molecule has 42 heavy (non-hydrogen) atoms. The van der Waals surface area contributed by atoms with Gasteiger partial charge in [0.15, 0.2) is 29.6 Å². The van der Waals surface area contributed by atoms with Crippen LogP contribution in [0.5, 0.6) is 23.0 Å². The van der Waals surface area contributed by atoms with Gasteiger partial charge in [-0.2, -0.15) is 5.26 Å². The van der Waals surface area contributed by atoms with Gasteiger partial charge in [-0.1, -0.05) is 12.1 Å². The second-order valence-electron chi connectivity index (χ2n) is 9.17. The number of hydrogen-bond donors (Lipinski definition) is 1. The van der Waals surface area contributed by atoms with Crippen molar-refractivity contribution >= 4 is 24.6 Å². The fourth-order valence-electron chi connectivity index (χ4n) is 4.12. The van der Waals surface area contributed by atoms with Crippen molar-refractivity contribution in [1.29, 1.82) is 5.26 Å². The van der Waals surface area contributed by atoms with Gasteiger partial charge in [0.2, 0.25) is 0 Å². The summed E-state index contributed by atoms with van der Waals surface area (Å²) in [6.45, 7) is 6.68. The number of carbonyl (C=O) groups excluding carboxylic acids is 2. The molecular formula is C31H35N5O6. The lowest BCUT2D eigenvalue weighted by Gasteiger charge is -2.32. The molecule has 2 N–H and O–H groups in total. The Bertz CT molecular complexity index is 1380. The predicted octanol–water partition coefficient (Wildman–Crippen LogP) is 3.60. The number of nitrogens with zero attached hydrogens (tertiary/aromatic N) is 4. The van der Waals surface area contributed by atoms with E-state index < -0.39 is 6.10 Å². The van der Waals surface area contributed by atoms with Crippen molar-refractivity contribution in [3.8, 4) is 29.1 Å². The number of aldehydes is 1.